The Labute approximate surface area is 215 Å². The van der Waals surface area contributed by atoms with Crippen molar-refractivity contribution in [2.24, 2.45) is 0 Å². The third-order valence-corrected chi connectivity index (χ3v) is 7.08. The number of halogens is 4. The van der Waals surface area contributed by atoms with Crippen molar-refractivity contribution in [3.8, 4) is 11.3 Å². The minimum absolute atomic E-state index is 0.0980. The molecule has 0 radical (unpaired) electrons. The number of benzene rings is 2. The van der Waals surface area contributed by atoms with Crippen LogP contribution in [0, 0.1) is 0 Å². The van der Waals surface area contributed by atoms with Crippen molar-refractivity contribution in [2.75, 3.05) is 0 Å². The Morgan fingerprint density at radius 3 is 2.35 bits per heavy atom. The molecule has 0 unspecified atom stereocenters. The van der Waals surface area contributed by atoms with Gasteiger partial charge in [-0.25, -0.2) is 4.40 Å². The largest absolute Gasteiger partial charge is 0.457 e. The second-order valence-corrected chi connectivity index (χ2v) is 9.92. The van der Waals surface area contributed by atoms with Crippen molar-refractivity contribution >= 4 is 68.8 Å². The molecule has 0 bridgehead atoms. The second-order valence-electron chi connectivity index (χ2n) is 7.22. The van der Waals surface area contributed by atoms with Crippen molar-refractivity contribution in [1.82, 2.24) is 14.6 Å². The van der Waals surface area contributed by atoms with Crippen LogP contribution in [0.25, 0.3) is 22.4 Å². The predicted octanol–water partition coefficient (Wildman–Crippen LogP) is 5.52. The highest BCUT2D eigenvalue weighted by Gasteiger charge is 2.15. The molecule has 2 aromatic carbocycles. The first kappa shape index (κ1) is 23.1. The first-order valence-electron chi connectivity index (χ1n) is 9.72. The lowest BCUT2D eigenvalue weighted by Crippen LogP contribution is -2.33. The van der Waals surface area contributed by atoms with Gasteiger partial charge in [0.05, 0.1) is 5.02 Å². The Morgan fingerprint density at radius 1 is 0.882 bits per heavy atom. The quantitative estimate of drug-likeness (QED) is 0.294. The highest BCUT2D eigenvalue weighted by Crippen LogP contribution is 2.31. The predicted molar refractivity (Wildman–Crippen MR) is 136 cm³/mol. The molecule has 0 aliphatic heterocycles. The van der Waals surface area contributed by atoms with Crippen LogP contribution in [0.4, 0.5) is 0 Å². The normalized spacial score (nSPS) is 12.1. The molecule has 0 amide bonds. The van der Waals surface area contributed by atoms with E-state index in [2.05, 4.69) is 10.2 Å². The average molecular weight is 551 g/mol. The molecule has 11 heteroatoms. The minimum Gasteiger partial charge on any atom is -0.457 e. The van der Waals surface area contributed by atoms with Crippen LogP contribution < -0.4 is 15.7 Å². The van der Waals surface area contributed by atoms with Crippen LogP contribution in [0.1, 0.15) is 17.0 Å². The molecule has 0 spiro atoms. The third kappa shape index (κ3) is 4.37. The molecule has 0 aliphatic carbocycles. The van der Waals surface area contributed by atoms with Gasteiger partial charge in [0.25, 0.3) is 11.1 Å². The van der Waals surface area contributed by atoms with Gasteiger partial charge in [-0.2, -0.15) is 0 Å². The second kappa shape index (κ2) is 9.17. The van der Waals surface area contributed by atoms with Crippen molar-refractivity contribution in [1.29, 1.82) is 0 Å². The maximum Gasteiger partial charge on any atom is 0.283 e. The molecule has 0 N–H and O–H groups in total. The zero-order chi connectivity index (χ0) is 24.0. The van der Waals surface area contributed by atoms with Gasteiger partial charge in [-0.15, -0.1) is 10.2 Å². The van der Waals surface area contributed by atoms with Crippen LogP contribution in [0.15, 0.2) is 62.5 Å². The van der Waals surface area contributed by atoms with Crippen LogP contribution >= 0.6 is 57.7 Å². The monoisotopic (exact) mass is 549 g/mol. The Kier molecular flexibility index (Phi) is 6.22. The Bertz CT molecular complexity index is 1740. The first-order valence-corrected chi connectivity index (χ1v) is 12.0. The summed E-state index contributed by atoms with van der Waals surface area (Å²) in [7, 11) is 0. The van der Waals surface area contributed by atoms with E-state index in [4.69, 9.17) is 50.8 Å². The van der Waals surface area contributed by atoms with E-state index in [1.165, 1.54) is 0 Å². The standard InChI is InChI=1S/C23H11Cl4N3O3S/c24-12-2-1-11(16(26)8-12)7-18-21(31)30-22(32)20(34-23(30)29-28-18)10-14-4-6-19(33-14)15-5-3-13(25)9-17(15)27/h1-6,8-10H,7H2/b20-10-. The van der Waals surface area contributed by atoms with Crippen LogP contribution in [0.5, 0.6) is 0 Å². The molecular weight excluding hydrogens is 540 g/mol. The van der Waals surface area contributed by atoms with E-state index < -0.39 is 11.1 Å². The molecule has 0 aliphatic rings. The number of rotatable bonds is 4. The fraction of sp³-hybridized carbons (Fsp3) is 0.0435. The molecule has 5 rings (SSSR count). The molecule has 5 aromatic rings. The number of nitrogens with zero attached hydrogens (tertiary/aromatic N) is 3. The average Bonchev–Trinajstić information content (AvgIpc) is 3.37. The summed E-state index contributed by atoms with van der Waals surface area (Å²) < 4.78 is 7.11. The Balaban J connectivity index is 1.54. The van der Waals surface area contributed by atoms with Crippen molar-refractivity contribution in [3.05, 3.63) is 111 Å². The maximum atomic E-state index is 13.0. The Hall–Kier alpha value is -2.68. The number of aromatic nitrogens is 3. The lowest BCUT2D eigenvalue weighted by Gasteiger charge is -2.03. The van der Waals surface area contributed by atoms with Crippen LogP contribution in [-0.4, -0.2) is 14.6 Å². The minimum atomic E-state index is -0.551. The van der Waals surface area contributed by atoms with Crippen molar-refractivity contribution in [3.63, 3.8) is 0 Å². The smallest absolute Gasteiger partial charge is 0.283 e. The van der Waals surface area contributed by atoms with Gasteiger partial charge in [0, 0.05) is 33.1 Å². The summed E-state index contributed by atoms with van der Waals surface area (Å²) in [6.07, 6.45) is 1.66. The number of hydrogen-bond donors (Lipinski definition) is 0. The summed E-state index contributed by atoms with van der Waals surface area (Å²) in [6, 6.07) is 13.4. The van der Waals surface area contributed by atoms with E-state index in [-0.39, 0.29) is 21.6 Å². The molecule has 0 fully saturated rings. The maximum absolute atomic E-state index is 13.0. The number of hydrogen-bond acceptors (Lipinski definition) is 6. The van der Waals surface area contributed by atoms with Gasteiger partial charge in [-0.1, -0.05) is 63.8 Å². The zero-order valence-electron chi connectivity index (χ0n) is 16.9. The van der Waals surface area contributed by atoms with E-state index in [0.717, 1.165) is 15.7 Å². The van der Waals surface area contributed by atoms with Gasteiger partial charge in [-0.05, 0) is 48.0 Å². The topological polar surface area (TPSA) is 77.5 Å². The molecule has 170 valence electrons. The van der Waals surface area contributed by atoms with Gasteiger partial charge in [-0.3, -0.25) is 9.59 Å². The molecule has 0 saturated heterocycles. The van der Waals surface area contributed by atoms with Gasteiger partial charge in [0.1, 0.15) is 21.7 Å². The highest BCUT2D eigenvalue weighted by atomic mass is 35.5. The van der Waals surface area contributed by atoms with Crippen LogP contribution in [-0.2, 0) is 6.42 Å². The van der Waals surface area contributed by atoms with E-state index in [0.29, 0.717) is 42.7 Å². The van der Waals surface area contributed by atoms with Gasteiger partial charge in [0.2, 0.25) is 4.96 Å². The fourth-order valence-electron chi connectivity index (χ4n) is 3.35. The Morgan fingerprint density at radius 2 is 1.62 bits per heavy atom. The van der Waals surface area contributed by atoms with E-state index in [9.17, 15) is 9.59 Å². The molecule has 3 aromatic heterocycles. The molecule has 6 nitrogen and oxygen atoms in total. The molecule has 3 heterocycles. The fourth-order valence-corrected chi connectivity index (χ4v) is 5.21. The van der Waals surface area contributed by atoms with Gasteiger partial charge in [0.15, 0.2) is 0 Å². The first-order chi connectivity index (χ1) is 16.3. The van der Waals surface area contributed by atoms with Crippen LogP contribution in [0.2, 0.25) is 20.1 Å². The van der Waals surface area contributed by atoms with Crippen molar-refractivity contribution in [2.45, 2.75) is 6.42 Å². The lowest BCUT2D eigenvalue weighted by atomic mass is 10.1. The summed E-state index contributed by atoms with van der Waals surface area (Å²) in [4.78, 5) is 26.2. The summed E-state index contributed by atoms with van der Waals surface area (Å²) in [5.41, 5.74) is 0.351. The van der Waals surface area contributed by atoms with E-state index >= 15 is 0 Å². The summed E-state index contributed by atoms with van der Waals surface area (Å²) >= 11 is 25.4. The molecule has 0 atom stereocenters. The van der Waals surface area contributed by atoms with E-state index in [1.54, 1.807) is 54.6 Å². The number of fused-ring (bicyclic) bond motifs is 1. The molecular formula is C23H11Cl4N3O3S. The van der Waals surface area contributed by atoms with Crippen molar-refractivity contribution < 1.29 is 4.42 Å². The summed E-state index contributed by atoms with van der Waals surface area (Å²) in [5.74, 6) is 0.930. The zero-order valence-corrected chi connectivity index (χ0v) is 20.7. The lowest BCUT2D eigenvalue weighted by molar-refractivity contribution is 0.571. The molecule has 0 saturated carbocycles. The van der Waals surface area contributed by atoms with Gasteiger partial charge >= 0.3 is 0 Å². The summed E-state index contributed by atoms with van der Waals surface area (Å²) in [6.45, 7) is 0. The number of thiazole rings is 1. The van der Waals surface area contributed by atoms with Crippen LogP contribution in [0.3, 0.4) is 0 Å². The van der Waals surface area contributed by atoms with E-state index in [1.807, 2.05) is 0 Å². The SMILES string of the molecule is O=c1c(Cc2ccc(Cl)cc2Cl)nnc2s/c(=C\c3ccc(-c4ccc(Cl)cc4Cl)o3)c(=O)n12. The number of furan rings is 1. The highest BCUT2D eigenvalue weighted by molar-refractivity contribution is 7.15. The molecule has 34 heavy (non-hydrogen) atoms. The summed E-state index contributed by atoms with van der Waals surface area (Å²) in [5, 5.41) is 9.91. The third-order valence-electron chi connectivity index (χ3n) is 4.98. The van der Waals surface area contributed by atoms with Gasteiger partial charge < -0.3 is 4.42 Å².